The van der Waals surface area contributed by atoms with Gasteiger partial charge in [-0.3, -0.25) is 4.90 Å². The van der Waals surface area contributed by atoms with E-state index in [0.29, 0.717) is 18.7 Å². The molecule has 0 saturated carbocycles. The summed E-state index contributed by atoms with van der Waals surface area (Å²) in [7, 11) is 0. The zero-order valence-corrected chi connectivity index (χ0v) is 11.5. The molecular formula is C15H23NO3. The van der Waals surface area contributed by atoms with E-state index < -0.39 is 5.97 Å². The highest BCUT2D eigenvalue weighted by Gasteiger charge is 2.08. The smallest absolute Gasteiger partial charge is 0.335 e. The highest BCUT2D eigenvalue weighted by molar-refractivity contribution is 5.87. The van der Waals surface area contributed by atoms with Crippen LogP contribution in [-0.2, 0) is 6.54 Å². The summed E-state index contributed by atoms with van der Waals surface area (Å²) in [6.07, 6.45) is 3.45. The predicted octanol–water partition coefficient (Wildman–Crippen LogP) is 2.37. The first kappa shape index (κ1) is 15.7. The van der Waals surface area contributed by atoms with Crippen molar-refractivity contribution in [2.24, 2.45) is 0 Å². The standard InChI is InChI=1S/C15H23NO3/c1-2-3-4-8-16(9-10-17)12-13-6-5-7-14(11-13)15(18)19/h5-7,11,17H,2-4,8-10,12H2,1H3,(H,18,19). The van der Waals surface area contributed by atoms with E-state index in [0.717, 1.165) is 18.5 Å². The lowest BCUT2D eigenvalue weighted by molar-refractivity contribution is 0.0696. The molecule has 0 unspecified atom stereocenters. The quantitative estimate of drug-likeness (QED) is 0.673. The molecule has 4 heteroatoms. The van der Waals surface area contributed by atoms with E-state index in [1.54, 1.807) is 18.2 Å². The van der Waals surface area contributed by atoms with Crippen LogP contribution < -0.4 is 0 Å². The number of rotatable bonds is 9. The van der Waals surface area contributed by atoms with Crippen molar-refractivity contribution in [1.82, 2.24) is 4.90 Å². The minimum atomic E-state index is -0.901. The number of aromatic carboxylic acids is 1. The Morgan fingerprint density at radius 3 is 2.68 bits per heavy atom. The summed E-state index contributed by atoms with van der Waals surface area (Å²) < 4.78 is 0. The minimum absolute atomic E-state index is 0.130. The lowest BCUT2D eigenvalue weighted by Crippen LogP contribution is -2.27. The summed E-state index contributed by atoms with van der Waals surface area (Å²) in [4.78, 5) is 13.1. The van der Waals surface area contributed by atoms with E-state index >= 15 is 0 Å². The summed E-state index contributed by atoms with van der Waals surface area (Å²) in [6.45, 7) is 4.54. The molecule has 1 aromatic rings. The van der Waals surface area contributed by atoms with E-state index in [9.17, 15) is 4.79 Å². The Bertz CT molecular complexity index is 393. The molecule has 0 saturated heterocycles. The van der Waals surface area contributed by atoms with Crippen LogP contribution in [0.2, 0.25) is 0 Å². The van der Waals surface area contributed by atoms with Gasteiger partial charge in [-0.2, -0.15) is 0 Å². The number of carboxylic acids is 1. The van der Waals surface area contributed by atoms with Gasteiger partial charge in [0, 0.05) is 13.1 Å². The molecule has 106 valence electrons. The Kier molecular flexibility index (Phi) is 7.15. The van der Waals surface area contributed by atoms with Crippen LogP contribution in [0.15, 0.2) is 24.3 Å². The lowest BCUT2D eigenvalue weighted by atomic mass is 10.1. The van der Waals surface area contributed by atoms with Gasteiger partial charge in [-0.05, 0) is 30.7 Å². The number of hydrogen-bond donors (Lipinski definition) is 2. The van der Waals surface area contributed by atoms with Gasteiger partial charge in [0.2, 0.25) is 0 Å². The summed E-state index contributed by atoms with van der Waals surface area (Å²) in [5.41, 5.74) is 1.29. The van der Waals surface area contributed by atoms with Crippen molar-refractivity contribution in [2.75, 3.05) is 19.7 Å². The van der Waals surface area contributed by atoms with Gasteiger partial charge in [0.15, 0.2) is 0 Å². The maximum atomic E-state index is 10.9. The minimum Gasteiger partial charge on any atom is -0.478 e. The molecule has 0 radical (unpaired) electrons. The van der Waals surface area contributed by atoms with Gasteiger partial charge in [0.25, 0.3) is 0 Å². The zero-order valence-electron chi connectivity index (χ0n) is 11.5. The number of carboxylic acid groups (broad SMARTS) is 1. The average Bonchev–Trinajstić information content (AvgIpc) is 2.39. The molecule has 0 aliphatic heterocycles. The van der Waals surface area contributed by atoms with Crippen molar-refractivity contribution < 1.29 is 15.0 Å². The monoisotopic (exact) mass is 265 g/mol. The van der Waals surface area contributed by atoms with E-state index in [1.165, 1.54) is 12.8 Å². The van der Waals surface area contributed by atoms with E-state index in [2.05, 4.69) is 11.8 Å². The Hall–Kier alpha value is -1.39. The van der Waals surface area contributed by atoms with Crippen LogP contribution in [0.25, 0.3) is 0 Å². The van der Waals surface area contributed by atoms with E-state index in [4.69, 9.17) is 10.2 Å². The molecule has 0 aromatic heterocycles. The molecule has 0 amide bonds. The molecule has 0 spiro atoms. The van der Waals surface area contributed by atoms with Gasteiger partial charge in [-0.1, -0.05) is 31.9 Å². The number of carbonyl (C=O) groups is 1. The van der Waals surface area contributed by atoms with Crippen LogP contribution in [0.5, 0.6) is 0 Å². The Morgan fingerprint density at radius 1 is 1.26 bits per heavy atom. The van der Waals surface area contributed by atoms with Crippen molar-refractivity contribution in [3.05, 3.63) is 35.4 Å². The lowest BCUT2D eigenvalue weighted by Gasteiger charge is -2.21. The first-order valence-corrected chi connectivity index (χ1v) is 6.82. The fraction of sp³-hybridized carbons (Fsp3) is 0.533. The second kappa shape index (κ2) is 8.67. The van der Waals surface area contributed by atoms with Crippen LogP contribution in [-0.4, -0.2) is 40.8 Å². The van der Waals surface area contributed by atoms with Gasteiger partial charge in [-0.15, -0.1) is 0 Å². The number of benzene rings is 1. The summed E-state index contributed by atoms with van der Waals surface area (Å²) in [5, 5.41) is 18.0. The van der Waals surface area contributed by atoms with Gasteiger partial charge < -0.3 is 10.2 Å². The molecule has 4 nitrogen and oxygen atoms in total. The average molecular weight is 265 g/mol. The Labute approximate surface area is 114 Å². The molecule has 0 fully saturated rings. The van der Waals surface area contributed by atoms with Crippen LogP contribution in [0.4, 0.5) is 0 Å². The molecule has 0 bridgehead atoms. The molecule has 0 aliphatic carbocycles. The molecule has 2 N–H and O–H groups in total. The van der Waals surface area contributed by atoms with E-state index in [1.807, 2.05) is 6.07 Å². The van der Waals surface area contributed by atoms with Crippen molar-refractivity contribution in [1.29, 1.82) is 0 Å². The fourth-order valence-corrected chi connectivity index (χ4v) is 2.06. The molecular weight excluding hydrogens is 242 g/mol. The molecule has 1 aromatic carbocycles. The van der Waals surface area contributed by atoms with Crippen LogP contribution in [0.3, 0.4) is 0 Å². The first-order chi connectivity index (χ1) is 9.17. The Morgan fingerprint density at radius 2 is 2.05 bits per heavy atom. The number of aliphatic hydroxyl groups is 1. The third kappa shape index (κ3) is 5.85. The molecule has 0 heterocycles. The third-order valence-corrected chi connectivity index (χ3v) is 3.07. The van der Waals surface area contributed by atoms with Crippen molar-refractivity contribution >= 4 is 5.97 Å². The summed E-state index contributed by atoms with van der Waals surface area (Å²) in [6, 6.07) is 6.99. The second-order valence-corrected chi connectivity index (χ2v) is 4.71. The zero-order chi connectivity index (χ0) is 14.1. The first-order valence-electron chi connectivity index (χ1n) is 6.82. The largest absolute Gasteiger partial charge is 0.478 e. The number of nitrogens with zero attached hydrogens (tertiary/aromatic N) is 1. The van der Waals surface area contributed by atoms with Crippen LogP contribution in [0.1, 0.15) is 42.1 Å². The highest BCUT2D eigenvalue weighted by Crippen LogP contribution is 2.09. The highest BCUT2D eigenvalue weighted by atomic mass is 16.4. The van der Waals surface area contributed by atoms with Crippen LogP contribution in [0, 0.1) is 0 Å². The van der Waals surface area contributed by atoms with Crippen molar-refractivity contribution in [3.63, 3.8) is 0 Å². The maximum Gasteiger partial charge on any atom is 0.335 e. The predicted molar refractivity (Wildman–Crippen MR) is 75.3 cm³/mol. The second-order valence-electron chi connectivity index (χ2n) is 4.71. The molecule has 0 atom stereocenters. The fourth-order valence-electron chi connectivity index (χ4n) is 2.06. The topological polar surface area (TPSA) is 60.8 Å². The van der Waals surface area contributed by atoms with Crippen molar-refractivity contribution in [3.8, 4) is 0 Å². The Balaban J connectivity index is 2.61. The number of aliphatic hydroxyl groups excluding tert-OH is 1. The van der Waals surface area contributed by atoms with Gasteiger partial charge in [-0.25, -0.2) is 4.79 Å². The molecule has 19 heavy (non-hydrogen) atoms. The van der Waals surface area contributed by atoms with Crippen LogP contribution >= 0.6 is 0 Å². The maximum absolute atomic E-state index is 10.9. The summed E-state index contributed by atoms with van der Waals surface area (Å²) in [5.74, 6) is -0.901. The summed E-state index contributed by atoms with van der Waals surface area (Å²) >= 11 is 0. The third-order valence-electron chi connectivity index (χ3n) is 3.07. The molecule has 0 aliphatic rings. The van der Waals surface area contributed by atoms with Crippen molar-refractivity contribution in [2.45, 2.75) is 32.7 Å². The van der Waals surface area contributed by atoms with Gasteiger partial charge in [0.1, 0.15) is 0 Å². The SMILES string of the molecule is CCCCCN(CCO)Cc1cccc(C(=O)O)c1. The number of hydrogen-bond acceptors (Lipinski definition) is 3. The molecule has 1 rings (SSSR count). The van der Waals surface area contributed by atoms with E-state index in [-0.39, 0.29) is 6.61 Å². The number of unbranched alkanes of at least 4 members (excludes halogenated alkanes) is 2. The normalized spacial score (nSPS) is 10.9. The van der Waals surface area contributed by atoms with Gasteiger partial charge in [0.05, 0.1) is 12.2 Å². The van der Waals surface area contributed by atoms with Gasteiger partial charge >= 0.3 is 5.97 Å².